The maximum absolute atomic E-state index is 12.0. The second kappa shape index (κ2) is 7.00. The Hall–Kier alpha value is -2.46. The number of anilines is 2. The first kappa shape index (κ1) is 15.9. The molecule has 0 atom stereocenters. The molecule has 0 radical (unpaired) electrons. The molecule has 2 aromatic rings. The van der Waals surface area contributed by atoms with Crippen LogP contribution in [0, 0.1) is 6.92 Å². The molecule has 0 unspecified atom stereocenters. The minimum atomic E-state index is -0.236. The van der Waals surface area contributed by atoms with E-state index in [1.54, 1.807) is 37.5 Å². The lowest BCUT2D eigenvalue weighted by Gasteiger charge is -2.07. The molecule has 0 fully saturated rings. The first-order chi connectivity index (χ1) is 10.5. The standard InChI is InChI=1S/C17H17ClN2O2/c1-11-3-6-13(18)10-15(11)20-17(21)8-5-12-4-7-16(22-2)14(19)9-12/h3-10H,19H2,1-2H3,(H,20,21)/b8-5-. The Kier molecular flexibility index (Phi) is 5.07. The van der Waals surface area contributed by atoms with E-state index in [1.807, 2.05) is 19.1 Å². The van der Waals surface area contributed by atoms with Crippen molar-refractivity contribution in [3.8, 4) is 5.75 Å². The van der Waals surface area contributed by atoms with E-state index in [9.17, 15) is 4.79 Å². The van der Waals surface area contributed by atoms with Gasteiger partial charge in [0.2, 0.25) is 5.91 Å². The monoisotopic (exact) mass is 316 g/mol. The van der Waals surface area contributed by atoms with Crippen LogP contribution in [-0.4, -0.2) is 13.0 Å². The highest BCUT2D eigenvalue weighted by Gasteiger charge is 2.03. The molecule has 5 heteroatoms. The first-order valence-electron chi connectivity index (χ1n) is 6.68. The molecule has 0 aliphatic heterocycles. The molecular formula is C17H17ClN2O2. The van der Waals surface area contributed by atoms with Gasteiger partial charge in [-0.05, 0) is 48.4 Å². The van der Waals surface area contributed by atoms with Crippen molar-refractivity contribution < 1.29 is 9.53 Å². The van der Waals surface area contributed by atoms with E-state index in [0.29, 0.717) is 22.1 Å². The van der Waals surface area contributed by atoms with E-state index in [0.717, 1.165) is 11.1 Å². The Balaban J connectivity index is 2.08. The van der Waals surface area contributed by atoms with Gasteiger partial charge >= 0.3 is 0 Å². The van der Waals surface area contributed by atoms with E-state index in [2.05, 4.69) is 5.32 Å². The summed E-state index contributed by atoms with van der Waals surface area (Å²) >= 11 is 5.92. The number of nitrogen functional groups attached to an aromatic ring is 1. The van der Waals surface area contributed by atoms with Crippen LogP contribution in [0.3, 0.4) is 0 Å². The number of halogens is 1. The Labute approximate surface area is 134 Å². The normalized spacial score (nSPS) is 10.7. The zero-order valence-electron chi connectivity index (χ0n) is 12.4. The zero-order valence-corrected chi connectivity index (χ0v) is 13.1. The number of nitrogens with two attached hydrogens (primary N) is 1. The lowest BCUT2D eigenvalue weighted by molar-refractivity contribution is -0.111. The highest BCUT2D eigenvalue weighted by molar-refractivity contribution is 6.31. The molecule has 0 aliphatic carbocycles. The summed E-state index contributed by atoms with van der Waals surface area (Å²) in [7, 11) is 1.56. The topological polar surface area (TPSA) is 64.3 Å². The van der Waals surface area contributed by atoms with Crippen LogP contribution in [0.5, 0.6) is 5.75 Å². The summed E-state index contributed by atoms with van der Waals surface area (Å²) in [6.45, 7) is 1.90. The Morgan fingerprint density at radius 3 is 2.73 bits per heavy atom. The highest BCUT2D eigenvalue weighted by Crippen LogP contribution is 2.23. The molecule has 0 saturated carbocycles. The van der Waals surface area contributed by atoms with Crippen LogP contribution in [0.15, 0.2) is 42.5 Å². The van der Waals surface area contributed by atoms with Crippen molar-refractivity contribution in [2.24, 2.45) is 0 Å². The van der Waals surface area contributed by atoms with Crippen LogP contribution in [0.4, 0.5) is 11.4 Å². The number of ether oxygens (including phenoxy) is 1. The molecule has 2 aromatic carbocycles. The number of hydrogen-bond acceptors (Lipinski definition) is 3. The third-order valence-electron chi connectivity index (χ3n) is 3.14. The number of amides is 1. The Morgan fingerprint density at radius 2 is 2.05 bits per heavy atom. The van der Waals surface area contributed by atoms with Crippen molar-refractivity contribution >= 4 is 35.0 Å². The number of rotatable bonds is 4. The maximum Gasteiger partial charge on any atom is 0.248 e. The van der Waals surface area contributed by atoms with Gasteiger partial charge in [0.25, 0.3) is 0 Å². The summed E-state index contributed by atoms with van der Waals surface area (Å²) in [5.74, 6) is 0.371. The average Bonchev–Trinajstić information content (AvgIpc) is 2.49. The fourth-order valence-electron chi connectivity index (χ4n) is 1.93. The van der Waals surface area contributed by atoms with E-state index in [1.165, 1.54) is 6.08 Å². The van der Waals surface area contributed by atoms with Gasteiger partial charge in [0.1, 0.15) is 5.75 Å². The summed E-state index contributed by atoms with van der Waals surface area (Å²) in [5, 5.41) is 3.37. The van der Waals surface area contributed by atoms with Gasteiger partial charge in [0.15, 0.2) is 0 Å². The third kappa shape index (κ3) is 4.02. The SMILES string of the molecule is COc1ccc(/C=C\C(=O)Nc2cc(Cl)ccc2C)cc1N. The number of methoxy groups -OCH3 is 1. The smallest absolute Gasteiger partial charge is 0.248 e. The van der Waals surface area contributed by atoms with Crippen LogP contribution >= 0.6 is 11.6 Å². The summed E-state index contributed by atoms with van der Waals surface area (Å²) in [6, 6.07) is 10.7. The second-order valence-corrected chi connectivity index (χ2v) is 5.22. The number of aryl methyl sites for hydroxylation is 1. The quantitative estimate of drug-likeness (QED) is 0.664. The minimum Gasteiger partial charge on any atom is -0.495 e. The molecule has 3 N–H and O–H groups in total. The summed E-state index contributed by atoms with van der Waals surface area (Å²) in [4.78, 5) is 12.0. The van der Waals surface area contributed by atoms with Crippen LogP contribution in [0.25, 0.3) is 6.08 Å². The molecule has 22 heavy (non-hydrogen) atoms. The molecule has 114 valence electrons. The van der Waals surface area contributed by atoms with Crippen molar-refractivity contribution in [1.82, 2.24) is 0 Å². The summed E-state index contributed by atoms with van der Waals surface area (Å²) < 4.78 is 5.09. The Bertz CT molecular complexity index is 727. The maximum atomic E-state index is 12.0. The molecule has 0 saturated heterocycles. The zero-order chi connectivity index (χ0) is 16.1. The van der Waals surface area contributed by atoms with Crippen molar-refractivity contribution in [2.45, 2.75) is 6.92 Å². The molecule has 0 spiro atoms. The highest BCUT2D eigenvalue weighted by atomic mass is 35.5. The van der Waals surface area contributed by atoms with Gasteiger partial charge in [-0.25, -0.2) is 0 Å². The largest absolute Gasteiger partial charge is 0.495 e. The molecule has 1 amide bonds. The third-order valence-corrected chi connectivity index (χ3v) is 3.37. The second-order valence-electron chi connectivity index (χ2n) is 4.78. The summed E-state index contributed by atoms with van der Waals surface area (Å²) in [6.07, 6.45) is 3.13. The van der Waals surface area contributed by atoms with E-state index in [4.69, 9.17) is 22.1 Å². The molecule has 0 aliphatic rings. The molecule has 0 aromatic heterocycles. The van der Waals surface area contributed by atoms with Crippen molar-refractivity contribution in [2.75, 3.05) is 18.2 Å². The minimum absolute atomic E-state index is 0.236. The molecule has 0 heterocycles. The summed E-state index contributed by atoms with van der Waals surface area (Å²) in [5.41, 5.74) is 8.80. The van der Waals surface area contributed by atoms with E-state index in [-0.39, 0.29) is 5.91 Å². The number of benzene rings is 2. The molecule has 2 rings (SSSR count). The lowest BCUT2D eigenvalue weighted by atomic mass is 10.1. The number of hydrogen-bond donors (Lipinski definition) is 2. The number of nitrogens with one attached hydrogen (secondary N) is 1. The van der Waals surface area contributed by atoms with Crippen LogP contribution in [0.2, 0.25) is 5.02 Å². The van der Waals surface area contributed by atoms with Crippen LogP contribution in [-0.2, 0) is 4.79 Å². The Morgan fingerprint density at radius 1 is 1.27 bits per heavy atom. The van der Waals surface area contributed by atoms with Gasteiger partial charge in [0, 0.05) is 16.8 Å². The van der Waals surface area contributed by atoms with Gasteiger partial charge in [-0.3, -0.25) is 4.79 Å². The van der Waals surface area contributed by atoms with E-state index < -0.39 is 0 Å². The van der Waals surface area contributed by atoms with Crippen molar-refractivity contribution in [3.63, 3.8) is 0 Å². The molecule has 0 bridgehead atoms. The predicted octanol–water partition coefficient (Wildman–Crippen LogP) is 3.89. The number of carbonyl (C=O) groups excluding carboxylic acids is 1. The van der Waals surface area contributed by atoms with E-state index >= 15 is 0 Å². The predicted molar refractivity (Wildman–Crippen MR) is 91.3 cm³/mol. The fraction of sp³-hybridized carbons (Fsp3) is 0.118. The van der Waals surface area contributed by atoms with Gasteiger partial charge < -0.3 is 15.8 Å². The van der Waals surface area contributed by atoms with Crippen LogP contribution < -0.4 is 15.8 Å². The molecular weight excluding hydrogens is 300 g/mol. The fourth-order valence-corrected chi connectivity index (χ4v) is 2.10. The van der Waals surface area contributed by atoms with Gasteiger partial charge in [-0.15, -0.1) is 0 Å². The van der Waals surface area contributed by atoms with Gasteiger partial charge in [0.05, 0.1) is 12.8 Å². The van der Waals surface area contributed by atoms with Crippen molar-refractivity contribution in [1.29, 1.82) is 0 Å². The molecule has 4 nitrogen and oxygen atoms in total. The van der Waals surface area contributed by atoms with Gasteiger partial charge in [-0.1, -0.05) is 23.7 Å². The first-order valence-corrected chi connectivity index (χ1v) is 7.06. The number of carbonyl (C=O) groups is 1. The van der Waals surface area contributed by atoms with Crippen molar-refractivity contribution in [3.05, 3.63) is 58.6 Å². The lowest BCUT2D eigenvalue weighted by Crippen LogP contribution is -2.08. The van der Waals surface area contributed by atoms with Gasteiger partial charge in [-0.2, -0.15) is 0 Å². The van der Waals surface area contributed by atoms with Crippen LogP contribution in [0.1, 0.15) is 11.1 Å². The average molecular weight is 317 g/mol.